The maximum absolute atomic E-state index is 14.3. The molecular weight excluding hydrogens is 691 g/mol. The first kappa shape index (κ1) is 36.3. The molecule has 252 valence electrons. The van der Waals surface area contributed by atoms with Crippen LogP contribution in [0.4, 0.5) is 11.4 Å². The molecule has 4 rings (SSSR count). The fourth-order valence-electron chi connectivity index (χ4n) is 5.43. The SMILES string of the molecule is COc1ccc(Cl)cc1N(CC(=O)N(Cc1ccc(Cl)cc1Cl)[C@H](C)C(=O)NC1CCCCC1)S(=O)(=O)c1ccc(C)c([N+](=O)[O-])c1. The van der Waals surface area contributed by atoms with Gasteiger partial charge in [0.15, 0.2) is 0 Å². The maximum atomic E-state index is 14.3. The second-order valence-corrected chi connectivity index (χ2v) is 14.5. The average molecular weight is 726 g/mol. The summed E-state index contributed by atoms with van der Waals surface area (Å²) in [6.45, 7) is 2.08. The van der Waals surface area contributed by atoms with Gasteiger partial charge >= 0.3 is 0 Å². The van der Waals surface area contributed by atoms with Gasteiger partial charge in [-0.2, -0.15) is 0 Å². The molecule has 2 amide bonds. The summed E-state index contributed by atoms with van der Waals surface area (Å²) in [6, 6.07) is 11.3. The van der Waals surface area contributed by atoms with Gasteiger partial charge in [0.25, 0.3) is 15.7 Å². The summed E-state index contributed by atoms with van der Waals surface area (Å²) in [5.41, 5.74) is 0.231. The molecule has 15 heteroatoms. The third kappa shape index (κ3) is 8.67. The lowest BCUT2D eigenvalue weighted by atomic mass is 9.95. The average Bonchev–Trinajstić information content (AvgIpc) is 3.03. The lowest BCUT2D eigenvalue weighted by Crippen LogP contribution is -2.53. The second kappa shape index (κ2) is 15.5. The van der Waals surface area contributed by atoms with Crippen molar-refractivity contribution >= 4 is 68.0 Å². The van der Waals surface area contributed by atoms with Crippen LogP contribution in [0, 0.1) is 17.0 Å². The van der Waals surface area contributed by atoms with Gasteiger partial charge in [0.1, 0.15) is 18.3 Å². The number of sulfonamides is 1. The van der Waals surface area contributed by atoms with E-state index in [0.717, 1.165) is 42.5 Å². The third-order valence-corrected chi connectivity index (χ3v) is 10.7. The van der Waals surface area contributed by atoms with Crippen molar-refractivity contribution in [2.24, 2.45) is 0 Å². The quantitative estimate of drug-likeness (QED) is 0.158. The van der Waals surface area contributed by atoms with Crippen LogP contribution in [0.2, 0.25) is 15.1 Å². The number of hydrogen-bond acceptors (Lipinski definition) is 7. The van der Waals surface area contributed by atoms with E-state index < -0.39 is 49.9 Å². The van der Waals surface area contributed by atoms with E-state index in [1.54, 1.807) is 19.1 Å². The van der Waals surface area contributed by atoms with Crippen molar-refractivity contribution < 1.29 is 27.7 Å². The van der Waals surface area contributed by atoms with Gasteiger partial charge in [-0.3, -0.25) is 24.0 Å². The molecule has 0 unspecified atom stereocenters. The number of amides is 2. The van der Waals surface area contributed by atoms with Gasteiger partial charge in [-0.05, 0) is 68.7 Å². The number of carbonyl (C=O) groups is 2. The molecule has 1 aliphatic carbocycles. The molecule has 1 atom stereocenters. The molecule has 1 saturated carbocycles. The van der Waals surface area contributed by atoms with Crippen molar-refractivity contribution in [3.8, 4) is 5.75 Å². The van der Waals surface area contributed by atoms with Crippen LogP contribution >= 0.6 is 34.8 Å². The maximum Gasteiger partial charge on any atom is 0.273 e. The minimum Gasteiger partial charge on any atom is -0.495 e. The molecule has 0 heterocycles. The van der Waals surface area contributed by atoms with E-state index in [1.807, 2.05) is 0 Å². The first-order valence-corrected chi connectivity index (χ1v) is 17.5. The number of ether oxygens (including phenoxy) is 1. The van der Waals surface area contributed by atoms with Crippen LogP contribution < -0.4 is 14.4 Å². The number of nitrogens with one attached hydrogen (secondary N) is 1. The predicted octanol–water partition coefficient (Wildman–Crippen LogP) is 6.93. The highest BCUT2D eigenvalue weighted by molar-refractivity contribution is 7.92. The molecular formula is C32H35Cl3N4O7S. The Balaban J connectivity index is 1.79. The van der Waals surface area contributed by atoms with E-state index in [9.17, 15) is 28.1 Å². The van der Waals surface area contributed by atoms with Crippen LogP contribution in [-0.2, 0) is 26.2 Å². The minimum absolute atomic E-state index is 0.0419. The van der Waals surface area contributed by atoms with Gasteiger partial charge in [0.05, 0.1) is 22.6 Å². The number of anilines is 1. The lowest BCUT2D eigenvalue weighted by Gasteiger charge is -2.33. The molecule has 0 bridgehead atoms. The topological polar surface area (TPSA) is 139 Å². The standard InChI is InChI=1S/C32H35Cl3N4O7S/c1-20-9-13-26(17-28(20)39(42)43)47(44,45)38(29-16-24(34)12-14-30(29)46-3)19-31(40)37(18-22-10-11-23(33)15-27(22)35)21(2)32(41)36-25-7-5-4-6-8-25/h9-17,21,25H,4-8,18-19H2,1-3H3,(H,36,41)/t21-/m1/s1. The lowest BCUT2D eigenvalue weighted by molar-refractivity contribution is -0.385. The van der Waals surface area contributed by atoms with E-state index in [-0.39, 0.29) is 39.6 Å². The Labute approximate surface area is 288 Å². The van der Waals surface area contributed by atoms with Crippen LogP contribution in [0.3, 0.4) is 0 Å². The van der Waals surface area contributed by atoms with Crippen LogP contribution in [0.25, 0.3) is 0 Å². The van der Waals surface area contributed by atoms with Gasteiger partial charge in [-0.1, -0.05) is 66.2 Å². The number of carbonyl (C=O) groups excluding carboxylic acids is 2. The van der Waals surface area contributed by atoms with Crippen LogP contribution in [-0.4, -0.2) is 55.8 Å². The summed E-state index contributed by atoms with van der Waals surface area (Å²) in [7, 11) is -3.34. The molecule has 0 radical (unpaired) electrons. The normalized spacial score (nSPS) is 14.3. The van der Waals surface area contributed by atoms with Gasteiger partial charge in [-0.15, -0.1) is 0 Å². The van der Waals surface area contributed by atoms with Crippen molar-refractivity contribution in [1.29, 1.82) is 0 Å². The minimum atomic E-state index is -4.66. The van der Waals surface area contributed by atoms with Gasteiger partial charge in [0, 0.05) is 39.3 Å². The Morgan fingerprint density at radius 2 is 1.68 bits per heavy atom. The molecule has 0 aliphatic heterocycles. The Kier molecular flexibility index (Phi) is 12.0. The van der Waals surface area contributed by atoms with Crippen LogP contribution in [0.15, 0.2) is 59.5 Å². The van der Waals surface area contributed by atoms with Crippen LogP contribution in [0.5, 0.6) is 5.75 Å². The molecule has 3 aromatic carbocycles. The highest BCUT2D eigenvalue weighted by Crippen LogP contribution is 2.36. The number of benzene rings is 3. The number of rotatable bonds is 12. The molecule has 3 aromatic rings. The fourth-order valence-corrected chi connectivity index (χ4v) is 7.50. The Morgan fingerprint density at radius 3 is 2.32 bits per heavy atom. The van der Waals surface area contributed by atoms with Crippen molar-refractivity contribution in [2.75, 3.05) is 18.0 Å². The van der Waals surface area contributed by atoms with Crippen molar-refractivity contribution in [1.82, 2.24) is 10.2 Å². The third-order valence-electron chi connectivity index (χ3n) is 8.13. The Morgan fingerprint density at radius 1 is 1.02 bits per heavy atom. The zero-order chi connectivity index (χ0) is 34.5. The molecule has 1 fully saturated rings. The number of halogens is 3. The van der Waals surface area contributed by atoms with E-state index in [0.29, 0.717) is 10.6 Å². The first-order chi connectivity index (χ1) is 22.2. The van der Waals surface area contributed by atoms with E-state index in [2.05, 4.69) is 5.32 Å². The summed E-state index contributed by atoms with van der Waals surface area (Å²) >= 11 is 18.8. The first-order valence-electron chi connectivity index (χ1n) is 14.9. The summed E-state index contributed by atoms with van der Waals surface area (Å²) in [5, 5.41) is 15.5. The summed E-state index contributed by atoms with van der Waals surface area (Å²) in [5.74, 6) is -1.09. The molecule has 0 spiro atoms. The fraction of sp³-hybridized carbons (Fsp3) is 0.375. The molecule has 47 heavy (non-hydrogen) atoms. The highest BCUT2D eigenvalue weighted by atomic mass is 35.5. The van der Waals surface area contributed by atoms with Crippen LogP contribution in [0.1, 0.15) is 50.2 Å². The molecule has 1 aliphatic rings. The Hall–Kier alpha value is -3.58. The summed E-state index contributed by atoms with van der Waals surface area (Å²) < 4.78 is 34.8. The monoisotopic (exact) mass is 724 g/mol. The predicted molar refractivity (Wildman–Crippen MR) is 182 cm³/mol. The number of hydrogen-bond donors (Lipinski definition) is 1. The van der Waals surface area contributed by atoms with Crippen molar-refractivity contribution in [2.45, 2.75) is 69.5 Å². The second-order valence-electron chi connectivity index (χ2n) is 11.3. The smallest absolute Gasteiger partial charge is 0.273 e. The Bertz CT molecular complexity index is 1770. The molecule has 11 nitrogen and oxygen atoms in total. The summed E-state index contributed by atoms with van der Waals surface area (Å²) in [6.07, 6.45) is 4.68. The summed E-state index contributed by atoms with van der Waals surface area (Å²) in [4.78, 5) is 39.7. The van der Waals surface area contributed by atoms with E-state index in [4.69, 9.17) is 39.5 Å². The van der Waals surface area contributed by atoms with Crippen molar-refractivity contribution in [3.63, 3.8) is 0 Å². The zero-order valence-electron chi connectivity index (χ0n) is 26.0. The molecule has 1 N–H and O–H groups in total. The zero-order valence-corrected chi connectivity index (χ0v) is 29.1. The molecule has 0 aromatic heterocycles. The number of nitro groups is 1. The largest absolute Gasteiger partial charge is 0.495 e. The number of nitro benzene ring substituents is 1. The van der Waals surface area contributed by atoms with Gasteiger partial charge in [0.2, 0.25) is 11.8 Å². The number of methoxy groups -OCH3 is 1. The highest BCUT2D eigenvalue weighted by Gasteiger charge is 2.35. The number of aryl methyl sites for hydroxylation is 1. The van der Waals surface area contributed by atoms with E-state index >= 15 is 0 Å². The van der Waals surface area contributed by atoms with Gasteiger partial charge in [-0.25, -0.2) is 8.42 Å². The van der Waals surface area contributed by atoms with Gasteiger partial charge < -0.3 is 15.0 Å². The van der Waals surface area contributed by atoms with E-state index in [1.165, 1.54) is 55.3 Å². The molecule has 0 saturated heterocycles. The van der Waals surface area contributed by atoms with Crippen molar-refractivity contribution in [3.05, 3.63) is 90.9 Å². The number of nitrogens with zero attached hydrogens (tertiary/aromatic N) is 3.